The van der Waals surface area contributed by atoms with E-state index in [0.29, 0.717) is 19.3 Å². The van der Waals surface area contributed by atoms with Gasteiger partial charge in [-0.2, -0.15) is 0 Å². The molecule has 2 unspecified atom stereocenters. The van der Waals surface area contributed by atoms with Crippen LogP contribution in [0.5, 0.6) is 0 Å². The zero-order valence-corrected chi connectivity index (χ0v) is 31.7. The highest BCUT2D eigenvalue weighted by molar-refractivity contribution is 5.72. The molecule has 0 aromatic heterocycles. The van der Waals surface area contributed by atoms with Gasteiger partial charge in [0.1, 0.15) is 6.61 Å². The number of ether oxygens (including phenoxy) is 3. The smallest absolute Gasteiger partial charge is 0.362 e. The van der Waals surface area contributed by atoms with Crippen molar-refractivity contribution in [3.8, 4) is 0 Å². The second-order valence-corrected chi connectivity index (χ2v) is 14.2. The summed E-state index contributed by atoms with van der Waals surface area (Å²) >= 11 is 0. The van der Waals surface area contributed by atoms with Gasteiger partial charge in [-0.1, -0.05) is 128 Å². The fourth-order valence-corrected chi connectivity index (χ4v) is 5.60. The van der Waals surface area contributed by atoms with E-state index in [1.807, 2.05) is 21.1 Å². The molecule has 0 radical (unpaired) electrons. The number of hydrogen-bond donors (Lipinski definition) is 1. The van der Waals surface area contributed by atoms with Crippen molar-refractivity contribution in [2.24, 2.45) is 0 Å². The third-order valence-electron chi connectivity index (χ3n) is 8.62. The van der Waals surface area contributed by atoms with Crippen molar-refractivity contribution in [1.82, 2.24) is 0 Å². The molecule has 0 saturated carbocycles. The number of carboxylic acid groups (broad SMARTS) is 1. The topological polar surface area (TPSA) is 99.1 Å². The lowest BCUT2D eigenvalue weighted by Crippen LogP contribution is -2.50. The highest BCUT2D eigenvalue weighted by Crippen LogP contribution is 2.14. The van der Waals surface area contributed by atoms with Crippen molar-refractivity contribution in [2.45, 2.75) is 174 Å². The summed E-state index contributed by atoms with van der Waals surface area (Å²) in [5.41, 5.74) is 0. The number of unbranched alkanes of at least 4 members (excludes halogenated alkanes) is 16. The van der Waals surface area contributed by atoms with Gasteiger partial charge in [-0.25, -0.2) is 4.79 Å². The number of allylic oxidation sites excluding steroid dienone is 4. The van der Waals surface area contributed by atoms with Crippen LogP contribution in [0.4, 0.5) is 0 Å². The Hall–Kier alpha value is -2.19. The molecule has 0 bridgehead atoms. The molecule has 48 heavy (non-hydrogen) atoms. The molecule has 0 spiro atoms. The highest BCUT2D eigenvalue weighted by Gasteiger charge is 2.31. The van der Waals surface area contributed by atoms with Gasteiger partial charge in [-0.15, -0.1) is 0 Å². The summed E-state index contributed by atoms with van der Waals surface area (Å²) in [6.45, 7) is 4.60. The number of carbonyl (C=O) groups is 3. The monoisotopic (exact) mass is 681 g/mol. The Morgan fingerprint density at radius 3 is 1.71 bits per heavy atom. The molecule has 0 heterocycles. The molecule has 0 aliphatic heterocycles. The minimum absolute atomic E-state index is 0.0551. The van der Waals surface area contributed by atoms with Crippen molar-refractivity contribution in [3.63, 3.8) is 0 Å². The number of carbonyl (C=O) groups excluding carboxylic acids is 2. The Balaban J connectivity index is 4.43. The third-order valence-corrected chi connectivity index (χ3v) is 8.62. The van der Waals surface area contributed by atoms with E-state index in [1.165, 1.54) is 57.8 Å². The van der Waals surface area contributed by atoms with Crippen LogP contribution in [0, 0.1) is 0 Å². The molecule has 0 rings (SSSR count). The fourth-order valence-electron chi connectivity index (χ4n) is 5.60. The molecule has 8 heteroatoms. The molecule has 0 fully saturated rings. The summed E-state index contributed by atoms with van der Waals surface area (Å²) in [5.74, 6) is -1.48. The van der Waals surface area contributed by atoms with Gasteiger partial charge >= 0.3 is 17.9 Å². The Bertz CT molecular complexity index is 849. The van der Waals surface area contributed by atoms with E-state index >= 15 is 0 Å². The van der Waals surface area contributed by atoms with E-state index in [4.69, 9.17) is 14.2 Å². The summed E-state index contributed by atoms with van der Waals surface area (Å²) in [4.78, 5) is 36.7. The predicted molar refractivity (Wildman–Crippen MR) is 197 cm³/mol. The van der Waals surface area contributed by atoms with Crippen LogP contribution >= 0.6 is 0 Å². The molecular formula is C40H74NO7+. The van der Waals surface area contributed by atoms with Gasteiger partial charge in [0, 0.05) is 19.3 Å². The molecule has 1 N–H and O–H groups in total. The number of esters is 2. The number of carboxylic acids is 1. The van der Waals surface area contributed by atoms with Crippen LogP contribution in [-0.4, -0.2) is 80.6 Å². The number of hydrogen-bond acceptors (Lipinski definition) is 6. The first-order chi connectivity index (χ1) is 23.1. The number of likely N-dealkylation sites (N-methyl/N-ethyl adjacent to an activating group) is 1. The van der Waals surface area contributed by atoms with Crippen LogP contribution in [0.3, 0.4) is 0 Å². The van der Waals surface area contributed by atoms with Crippen LogP contribution in [0.15, 0.2) is 24.3 Å². The van der Waals surface area contributed by atoms with Gasteiger partial charge in [0.15, 0.2) is 12.1 Å². The zero-order chi connectivity index (χ0) is 35.7. The van der Waals surface area contributed by atoms with Gasteiger partial charge < -0.3 is 23.8 Å². The molecule has 0 aliphatic carbocycles. The lowest BCUT2D eigenvalue weighted by Gasteiger charge is -2.31. The first-order valence-corrected chi connectivity index (χ1v) is 19.4. The molecule has 2 atom stereocenters. The SMILES string of the molecule is CC/C=C/C/C=C/CCCCCCCC(=O)OCC(COCCC(C(=O)O)[N+](C)(C)C)OC(=O)CCCCCCCCCCCCCC. The molecule has 0 aromatic carbocycles. The molecule has 0 aliphatic rings. The van der Waals surface area contributed by atoms with Crippen molar-refractivity contribution in [2.75, 3.05) is 41.0 Å². The normalized spacial score (nSPS) is 13.3. The van der Waals surface area contributed by atoms with E-state index in [9.17, 15) is 19.5 Å². The predicted octanol–water partition coefficient (Wildman–Crippen LogP) is 9.74. The zero-order valence-electron chi connectivity index (χ0n) is 31.7. The van der Waals surface area contributed by atoms with Gasteiger partial charge in [0.2, 0.25) is 0 Å². The summed E-state index contributed by atoms with van der Waals surface area (Å²) in [6.07, 6.45) is 32.1. The van der Waals surface area contributed by atoms with Crippen LogP contribution < -0.4 is 0 Å². The molecule has 0 aromatic rings. The van der Waals surface area contributed by atoms with Crippen molar-refractivity contribution < 1.29 is 38.2 Å². The van der Waals surface area contributed by atoms with Gasteiger partial charge in [-0.3, -0.25) is 9.59 Å². The Morgan fingerprint density at radius 2 is 1.17 bits per heavy atom. The van der Waals surface area contributed by atoms with Crippen LogP contribution in [0.25, 0.3) is 0 Å². The lowest BCUT2D eigenvalue weighted by molar-refractivity contribution is -0.887. The molecule has 0 saturated heterocycles. The van der Waals surface area contributed by atoms with Crippen LogP contribution in [0.1, 0.15) is 162 Å². The average Bonchev–Trinajstić information content (AvgIpc) is 3.03. The molecule has 280 valence electrons. The van der Waals surface area contributed by atoms with E-state index in [-0.39, 0.29) is 36.2 Å². The maximum Gasteiger partial charge on any atom is 0.362 e. The van der Waals surface area contributed by atoms with Crippen molar-refractivity contribution in [3.05, 3.63) is 24.3 Å². The molecule has 8 nitrogen and oxygen atoms in total. The van der Waals surface area contributed by atoms with Crippen LogP contribution in [-0.2, 0) is 28.6 Å². The summed E-state index contributed by atoms with van der Waals surface area (Å²) < 4.78 is 17.2. The van der Waals surface area contributed by atoms with Crippen molar-refractivity contribution >= 4 is 17.9 Å². The van der Waals surface area contributed by atoms with Gasteiger partial charge in [0.25, 0.3) is 0 Å². The van der Waals surface area contributed by atoms with E-state index in [1.54, 1.807) is 0 Å². The van der Waals surface area contributed by atoms with E-state index < -0.39 is 18.1 Å². The largest absolute Gasteiger partial charge is 0.477 e. The number of aliphatic carboxylic acids is 1. The maximum absolute atomic E-state index is 12.6. The highest BCUT2D eigenvalue weighted by atomic mass is 16.6. The second kappa shape index (κ2) is 32.0. The lowest BCUT2D eigenvalue weighted by atomic mass is 10.0. The van der Waals surface area contributed by atoms with Crippen LogP contribution in [0.2, 0.25) is 0 Å². The number of quaternary nitrogens is 1. The summed E-state index contributed by atoms with van der Waals surface area (Å²) in [7, 11) is 5.51. The Morgan fingerprint density at radius 1 is 0.646 bits per heavy atom. The van der Waals surface area contributed by atoms with Crippen molar-refractivity contribution in [1.29, 1.82) is 0 Å². The minimum atomic E-state index is -0.877. The Kier molecular flexibility index (Phi) is 30.6. The van der Waals surface area contributed by atoms with Gasteiger partial charge in [0.05, 0.1) is 34.4 Å². The summed E-state index contributed by atoms with van der Waals surface area (Å²) in [5, 5.41) is 9.58. The molecular weight excluding hydrogens is 606 g/mol. The number of rotatable bonds is 34. The second-order valence-electron chi connectivity index (χ2n) is 14.2. The average molecular weight is 681 g/mol. The summed E-state index contributed by atoms with van der Waals surface area (Å²) in [6, 6.07) is -0.612. The third kappa shape index (κ3) is 29.9. The fraction of sp³-hybridized carbons (Fsp3) is 0.825. The maximum atomic E-state index is 12.6. The quantitative estimate of drug-likeness (QED) is 0.0313. The van der Waals surface area contributed by atoms with Gasteiger partial charge in [-0.05, 0) is 38.5 Å². The van der Waals surface area contributed by atoms with E-state index in [2.05, 4.69) is 38.2 Å². The first kappa shape index (κ1) is 45.8. The standard InChI is InChI=1S/C40H73NO7/c1-6-8-10-12-14-16-18-20-22-24-26-28-30-38(42)47-35-36(34-46-33-32-37(40(44)45)41(3,4)5)48-39(43)31-29-27-25-23-21-19-17-15-13-11-9-7-2/h8,10,14,16,36-37H,6-7,9,11-13,15,17-35H2,1-5H3/p+1/b10-8+,16-14+. The minimum Gasteiger partial charge on any atom is -0.477 e. The Labute approximate surface area is 294 Å². The van der Waals surface area contributed by atoms with E-state index in [0.717, 1.165) is 70.6 Å². The number of nitrogens with zero attached hydrogens (tertiary/aromatic N) is 1. The first-order valence-electron chi connectivity index (χ1n) is 19.4. The molecule has 0 amide bonds.